The zero-order valence-corrected chi connectivity index (χ0v) is 13.7. The molecule has 2 nitrogen and oxygen atoms in total. The highest BCUT2D eigenvalue weighted by molar-refractivity contribution is 6.21. The Kier molecular flexibility index (Phi) is 5.88. The van der Waals surface area contributed by atoms with Crippen LogP contribution in [0.4, 0.5) is 0 Å². The van der Waals surface area contributed by atoms with Gasteiger partial charge in [0.25, 0.3) is 0 Å². The average Bonchev–Trinajstić information content (AvgIpc) is 2.49. The molecule has 2 unspecified atom stereocenters. The molecular formula is C17H27ClN2. The second kappa shape index (κ2) is 7.44. The largest absolute Gasteiger partial charge is 0.304 e. The van der Waals surface area contributed by atoms with Gasteiger partial charge in [0, 0.05) is 32.7 Å². The maximum atomic E-state index is 6.59. The molecule has 20 heavy (non-hydrogen) atoms. The summed E-state index contributed by atoms with van der Waals surface area (Å²) in [5.74, 6) is 0.635. The fraction of sp³-hybridized carbons (Fsp3) is 0.647. The van der Waals surface area contributed by atoms with Gasteiger partial charge in [0.2, 0.25) is 0 Å². The summed E-state index contributed by atoms with van der Waals surface area (Å²) in [5, 5.41) is 0.101. The molecule has 2 atom stereocenters. The molecule has 3 heteroatoms. The number of alkyl halides is 1. The molecule has 1 aliphatic rings. The summed E-state index contributed by atoms with van der Waals surface area (Å²) < 4.78 is 0. The predicted molar refractivity (Wildman–Crippen MR) is 87.7 cm³/mol. The molecule has 1 saturated heterocycles. The van der Waals surface area contributed by atoms with Crippen molar-refractivity contribution in [2.45, 2.75) is 31.6 Å². The van der Waals surface area contributed by atoms with E-state index in [-0.39, 0.29) is 5.38 Å². The van der Waals surface area contributed by atoms with Gasteiger partial charge in [-0.15, -0.1) is 11.6 Å². The Morgan fingerprint density at radius 3 is 2.15 bits per heavy atom. The van der Waals surface area contributed by atoms with Gasteiger partial charge in [-0.05, 0) is 30.5 Å². The van der Waals surface area contributed by atoms with Crippen molar-refractivity contribution < 1.29 is 0 Å². The minimum atomic E-state index is 0.101. The highest BCUT2D eigenvalue weighted by Gasteiger charge is 2.18. The lowest BCUT2D eigenvalue weighted by Gasteiger charge is -2.33. The van der Waals surface area contributed by atoms with Crippen LogP contribution in [0.5, 0.6) is 0 Å². The summed E-state index contributed by atoms with van der Waals surface area (Å²) in [6, 6.07) is 8.89. The molecule has 0 aliphatic carbocycles. The Labute approximate surface area is 128 Å². The second-order valence-electron chi connectivity index (χ2n) is 6.05. The third kappa shape index (κ3) is 4.21. The Balaban J connectivity index is 1.90. The number of hydrogen-bond acceptors (Lipinski definition) is 2. The summed E-state index contributed by atoms with van der Waals surface area (Å²) in [4.78, 5) is 4.85. The van der Waals surface area contributed by atoms with Crippen LogP contribution in [-0.2, 0) is 0 Å². The topological polar surface area (TPSA) is 6.48 Å². The number of likely N-dealkylation sites (N-methyl/N-ethyl adjacent to an activating group) is 1. The molecule has 0 N–H and O–H groups in total. The number of piperazine rings is 1. The lowest BCUT2D eigenvalue weighted by Crippen LogP contribution is -2.45. The van der Waals surface area contributed by atoms with E-state index in [1.807, 2.05) is 0 Å². The van der Waals surface area contributed by atoms with Crippen LogP contribution in [0.2, 0.25) is 0 Å². The zero-order chi connectivity index (χ0) is 14.5. The molecule has 1 heterocycles. The molecule has 0 amide bonds. The van der Waals surface area contributed by atoms with Crippen LogP contribution in [0.1, 0.15) is 42.7 Å². The minimum absolute atomic E-state index is 0.101. The van der Waals surface area contributed by atoms with E-state index < -0.39 is 0 Å². The van der Waals surface area contributed by atoms with E-state index in [4.69, 9.17) is 11.6 Å². The summed E-state index contributed by atoms with van der Waals surface area (Å²) in [7, 11) is 2.18. The summed E-state index contributed by atoms with van der Waals surface area (Å²) in [6.07, 6.45) is 1.19. The average molecular weight is 295 g/mol. The van der Waals surface area contributed by atoms with E-state index in [0.717, 1.165) is 32.7 Å². The van der Waals surface area contributed by atoms with E-state index in [0.29, 0.717) is 5.92 Å². The minimum Gasteiger partial charge on any atom is -0.304 e. The predicted octanol–water partition coefficient (Wildman–Crippen LogP) is 3.73. The quantitative estimate of drug-likeness (QED) is 0.764. The molecule has 1 aromatic rings. The number of benzene rings is 1. The number of hydrogen-bond donors (Lipinski definition) is 0. The van der Waals surface area contributed by atoms with Crippen LogP contribution < -0.4 is 0 Å². The normalized spacial score (nSPS) is 20.8. The van der Waals surface area contributed by atoms with Crippen LogP contribution in [0.15, 0.2) is 24.3 Å². The standard InChI is InChI=1S/C17H27ClN2/c1-4-14(2)15-5-7-16(8-6-15)17(18)13-20-11-9-19(3)10-12-20/h5-8,14,17H,4,9-13H2,1-3H3. The molecule has 0 aromatic heterocycles. The van der Waals surface area contributed by atoms with E-state index in [1.54, 1.807) is 0 Å². The fourth-order valence-electron chi connectivity index (χ4n) is 2.63. The maximum absolute atomic E-state index is 6.59. The van der Waals surface area contributed by atoms with Gasteiger partial charge in [0.15, 0.2) is 0 Å². The molecule has 1 fully saturated rings. The van der Waals surface area contributed by atoms with Gasteiger partial charge < -0.3 is 4.90 Å². The van der Waals surface area contributed by atoms with Crippen LogP contribution in [0, 0.1) is 0 Å². The number of nitrogens with zero attached hydrogens (tertiary/aromatic N) is 2. The van der Waals surface area contributed by atoms with Gasteiger partial charge in [0.05, 0.1) is 5.38 Å². The third-order valence-corrected chi connectivity index (χ3v) is 4.88. The van der Waals surface area contributed by atoms with Crippen LogP contribution in [0.25, 0.3) is 0 Å². The van der Waals surface area contributed by atoms with Crippen molar-refractivity contribution >= 4 is 11.6 Å². The molecule has 112 valence electrons. The summed E-state index contributed by atoms with van der Waals surface area (Å²) in [5.41, 5.74) is 2.66. The van der Waals surface area contributed by atoms with Crippen molar-refractivity contribution in [3.8, 4) is 0 Å². The highest BCUT2D eigenvalue weighted by Crippen LogP contribution is 2.25. The van der Waals surface area contributed by atoms with Crippen molar-refractivity contribution in [2.24, 2.45) is 0 Å². The van der Waals surface area contributed by atoms with Crippen molar-refractivity contribution in [3.05, 3.63) is 35.4 Å². The van der Waals surface area contributed by atoms with Gasteiger partial charge in [0.1, 0.15) is 0 Å². The first kappa shape index (κ1) is 15.8. The Morgan fingerprint density at radius 2 is 1.60 bits per heavy atom. The van der Waals surface area contributed by atoms with Gasteiger partial charge in [-0.1, -0.05) is 38.1 Å². The summed E-state index contributed by atoms with van der Waals surface area (Å²) >= 11 is 6.59. The molecular weight excluding hydrogens is 268 g/mol. The molecule has 1 aromatic carbocycles. The molecule has 0 bridgehead atoms. The lowest BCUT2D eigenvalue weighted by molar-refractivity contribution is 0.154. The maximum Gasteiger partial charge on any atom is 0.0712 e. The van der Waals surface area contributed by atoms with E-state index in [2.05, 4.69) is 55.0 Å². The Bertz CT molecular complexity index is 396. The molecule has 0 spiro atoms. The van der Waals surface area contributed by atoms with Crippen molar-refractivity contribution in [1.29, 1.82) is 0 Å². The second-order valence-corrected chi connectivity index (χ2v) is 6.57. The van der Waals surface area contributed by atoms with E-state index >= 15 is 0 Å². The highest BCUT2D eigenvalue weighted by atomic mass is 35.5. The van der Waals surface area contributed by atoms with Crippen LogP contribution in [0.3, 0.4) is 0 Å². The van der Waals surface area contributed by atoms with E-state index in [1.165, 1.54) is 17.5 Å². The third-order valence-electron chi connectivity index (χ3n) is 4.49. The van der Waals surface area contributed by atoms with Crippen molar-refractivity contribution in [1.82, 2.24) is 9.80 Å². The van der Waals surface area contributed by atoms with Gasteiger partial charge in [-0.3, -0.25) is 4.90 Å². The summed E-state index contributed by atoms with van der Waals surface area (Å²) in [6.45, 7) is 10.0. The first-order chi connectivity index (χ1) is 9.60. The molecule has 0 radical (unpaired) electrons. The first-order valence-corrected chi connectivity index (χ1v) is 8.18. The van der Waals surface area contributed by atoms with E-state index in [9.17, 15) is 0 Å². The Morgan fingerprint density at radius 1 is 1.05 bits per heavy atom. The van der Waals surface area contributed by atoms with Gasteiger partial charge in [-0.25, -0.2) is 0 Å². The first-order valence-electron chi connectivity index (χ1n) is 7.75. The Hall–Kier alpha value is -0.570. The van der Waals surface area contributed by atoms with Crippen molar-refractivity contribution in [3.63, 3.8) is 0 Å². The lowest BCUT2D eigenvalue weighted by atomic mass is 9.97. The van der Waals surface area contributed by atoms with Gasteiger partial charge >= 0.3 is 0 Å². The SMILES string of the molecule is CCC(C)c1ccc(C(Cl)CN2CCN(C)CC2)cc1. The fourth-order valence-corrected chi connectivity index (χ4v) is 2.97. The van der Waals surface area contributed by atoms with Gasteiger partial charge in [-0.2, -0.15) is 0 Å². The van der Waals surface area contributed by atoms with Crippen LogP contribution in [-0.4, -0.2) is 49.6 Å². The zero-order valence-electron chi connectivity index (χ0n) is 13.0. The molecule has 2 rings (SSSR count). The smallest absolute Gasteiger partial charge is 0.0712 e. The molecule has 0 saturated carbocycles. The van der Waals surface area contributed by atoms with Crippen molar-refractivity contribution in [2.75, 3.05) is 39.8 Å². The molecule has 1 aliphatic heterocycles. The number of halogens is 1. The monoisotopic (exact) mass is 294 g/mol. The number of rotatable bonds is 5. The van der Waals surface area contributed by atoms with Crippen LogP contribution >= 0.6 is 11.6 Å².